The summed E-state index contributed by atoms with van der Waals surface area (Å²) in [5.74, 6) is -1.19. The number of aromatic carboxylic acids is 1. The highest BCUT2D eigenvalue weighted by Gasteiger charge is 2.16. The molecule has 0 aliphatic rings. The second-order valence-electron chi connectivity index (χ2n) is 4.11. The maximum atomic E-state index is 11.9. The second-order valence-corrected chi connectivity index (χ2v) is 5.83. The summed E-state index contributed by atoms with van der Waals surface area (Å²) in [6.07, 6.45) is 4.09. The second kappa shape index (κ2) is 6.01. The summed E-state index contributed by atoms with van der Waals surface area (Å²) in [6.45, 7) is 2.70. The average Bonchev–Trinajstić information content (AvgIpc) is 3.07. The fourth-order valence-corrected chi connectivity index (χ4v) is 2.49. The van der Waals surface area contributed by atoms with Crippen molar-refractivity contribution < 1.29 is 18.3 Å². The minimum Gasteiger partial charge on any atom is -0.476 e. The fraction of sp³-hybridized carbons (Fsp3) is 0.400. The number of aromatic nitrogens is 5. The zero-order valence-electron chi connectivity index (χ0n) is 11.2. The Morgan fingerprint density at radius 3 is 2.76 bits per heavy atom. The molecule has 0 amide bonds. The molecule has 0 radical (unpaired) electrons. The van der Waals surface area contributed by atoms with Gasteiger partial charge in [0.25, 0.3) is 10.0 Å². The van der Waals surface area contributed by atoms with Gasteiger partial charge in [-0.3, -0.25) is 4.68 Å². The summed E-state index contributed by atoms with van der Waals surface area (Å²) in [6, 6.07) is 0. The Morgan fingerprint density at radius 1 is 1.43 bits per heavy atom. The van der Waals surface area contributed by atoms with Crippen LogP contribution in [0.25, 0.3) is 0 Å². The molecule has 0 fully saturated rings. The smallest absolute Gasteiger partial charge is 0.358 e. The van der Waals surface area contributed by atoms with Crippen LogP contribution in [-0.2, 0) is 23.1 Å². The van der Waals surface area contributed by atoms with E-state index in [1.54, 1.807) is 4.57 Å². The van der Waals surface area contributed by atoms with Gasteiger partial charge in [-0.2, -0.15) is 0 Å². The summed E-state index contributed by atoms with van der Waals surface area (Å²) in [4.78, 5) is 14.4. The van der Waals surface area contributed by atoms with Crippen molar-refractivity contribution in [1.82, 2.24) is 29.3 Å². The number of nitrogens with one attached hydrogen (secondary N) is 1. The minimum atomic E-state index is -3.69. The predicted molar refractivity (Wildman–Crippen MR) is 70.1 cm³/mol. The quantitative estimate of drug-likeness (QED) is 0.681. The van der Waals surface area contributed by atoms with Crippen LogP contribution in [0.1, 0.15) is 17.4 Å². The summed E-state index contributed by atoms with van der Waals surface area (Å²) >= 11 is 0. The van der Waals surface area contributed by atoms with Gasteiger partial charge in [0.1, 0.15) is 0 Å². The SMILES string of the molecule is CCn1cnc(S(=O)(=O)NCCn2cc(C(=O)O)nn2)c1. The van der Waals surface area contributed by atoms with E-state index in [0.717, 1.165) is 0 Å². The molecule has 21 heavy (non-hydrogen) atoms. The molecule has 0 atom stereocenters. The van der Waals surface area contributed by atoms with Gasteiger partial charge in [-0.05, 0) is 6.92 Å². The number of nitrogens with zero attached hydrogens (tertiary/aromatic N) is 5. The Kier molecular flexibility index (Phi) is 4.33. The van der Waals surface area contributed by atoms with Crippen LogP contribution in [0.5, 0.6) is 0 Å². The van der Waals surface area contributed by atoms with Gasteiger partial charge in [0.05, 0.1) is 19.1 Å². The van der Waals surface area contributed by atoms with Crippen molar-refractivity contribution in [2.75, 3.05) is 6.54 Å². The Labute approximate surface area is 120 Å². The van der Waals surface area contributed by atoms with Crippen LogP contribution < -0.4 is 4.72 Å². The van der Waals surface area contributed by atoms with Crippen LogP contribution in [0.2, 0.25) is 0 Å². The zero-order valence-corrected chi connectivity index (χ0v) is 12.0. The molecule has 2 heterocycles. The molecular weight excluding hydrogens is 300 g/mol. The van der Waals surface area contributed by atoms with Crippen molar-refractivity contribution in [1.29, 1.82) is 0 Å². The van der Waals surface area contributed by atoms with Gasteiger partial charge in [-0.25, -0.2) is 22.9 Å². The lowest BCUT2D eigenvalue weighted by Crippen LogP contribution is -2.27. The van der Waals surface area contributed by atoms with Crippen molar-refractivity contribution in [2.24, 2.45) is 0 Å². The van der Waals surface area contributed by atoms with Gasteiger partial charge in [0.2, 0.25) is 0 Å². The van der Waals surface area contributed by atoms with Crippen molar-refractivity contribution >= 4 is 16.0 Å². The lowest BCUT2D eigenvalue weighted by atomic mass is 10.5. The molecule has 0 aliphatic carbocycles. The van der Waals surface area contributed by atoms with Crippen LogP contribution in [0.15, 0.2) is 23.7 Å². The van der Waals surface area contributed by atoms with Crippen LogP contribution in [0.4, 0.5) is 0 Å². The van der Waals surface area contributed by atoms with Crippen LogP contribution >= 0.6 is 0 Å². The van der Waals surface area contributed by atoms with Crippen LogP contribution in [0.3, 0.4) is 0 Å². The number of hydrogen-bond acceptors (Lipinski definition) is 6. The number of imidazole rings is 1. The normalized spacial score (nSPS) is 11.7. The van der Waals surface area contributed by atoms with Gasteiger partial charge in [-0.15, -0.1) is 5.10 Å². The molecule has 0 saturated carbocycles. The average molecular weight is 314 g/mol. The monoisotopic (exact) mass is 314 g/mol. The molecule has 0 aromatic carbocycles. The number of carboxylic acid groups (broad SMARTS) is 1. The molecule has 2 rings (SSSR count). The van der Waals surface area contributed by atoms with E-state index in [2.05, 4.69) is 20.0 Å². The predicted octanol–water partition coefficient (Wildman–Crippen LogP) is -0.829. The third-order valence-corrected chi connectivity index (χ3v) is 3.99. The van der Waals surface area contributed by atoms with Crippen molar-refractivity contribution in [2.45, 2.75) is 25.0 Å². The fourth-order valence-electron chi connectivity index (χ4n) is 1.53. The highest BCUT2D eigenvalue weighted by atomic mass is 32.2. The summed E-state index contributed by atoms with van der Waals surface area (Å²) in [7, 11) is -3.69. The maximum Gasteiger partial charge on any atom is 0.358 e. The molecule has 0 unspecified atom stereocenters. The molecule has 10 nitrogen and oxygen atoms in total. The largest absolute Gasteiger partial charge is 0.476 e. The highest BCUT2D eigenvalue weighted by molar-refractivity contribution is 7.89. The molecule has 0 spiro atoms. The molecule has 114 valence electrons. The molecule has 2 aromatic rings. The summed E-state index contributed by atoms with van der Waals surface area (Å²) in [5, 5.41) is 15.6. The Balaban J connectivity index is 1.93. The number of aryl methyl sites for hydroxylation is 1. The van der Waals surface area contributed by atoms with Crippen molar-refractivity contribution in [3.8, 4) is 0 Å². The number of hydrogen-bond donors (Lipinski definition) is 2. The van der Waals surface area contributed by atoms with Gasteiger partial charge in [-0.1, -0.05) is 5.21 Å². The van der Waals surface area contributed by atoms with Gasteiger partial charge >= 0.3 is 5.97 Å². The Bertz CT molecular complexity index is 734. The number of carboxylic acids is 1. The third kappa shape index (κ3) is 3.64. The standard InChI is InChI=1S/C10H14N6O4S/c1-2-15-6-9(11-7-15)21(19,20)12-3-4-16-5-8(10(17)18)13-14-16/h5-7,12H,2-4H2,1H3,(H,17,18). The van der Waals surface area contributed by atoms with Gasteiger partial charge < -0.3 is 9.67 Å². The van der Waals surface area contributed by atoms with E-state index >= 15 is 0 Å². The van der Waals surface area contributed by atoms with E-state index in [0.29, 0.717) is 6.54 Å². The molecule has 2 aromatic heterocycles. The summed E-state index contributed by atoms with van der Waals surface area (Å²) < 4.78 is 29.1. The zero-order chi connectivity index (χ0) is 15.5. The first-order valence-electron chi connectivity index (χ1n) is 6.07. The molecule has 2 N–H and O–H groups in total. The third-order valence-electron chi connectivity index (χ3n) is 2.64. The minimum absolute atomic E-state index is 0.0454. The van der Waals surface area contributed by atoms with Crippen molar-refractivity contribution in [3.05, 3.63) is 24.4 Å². The highest BCUT2D eigenvalue weighted by Crippen LogP contribution is 2.04. The Hall–Kier alpha value is -2.27. The van der Waals surface area contributed by atoms with E-state index < -0.39 is 16.0 Å². The van der Waals surface area contributed by atoms with Gasteiger partial charge in [0, 0.05) is 19.3 Å². The number of sulfonamides is 1. The van der Waals surface area contributed by atoms with Gasteiger partial charge in [0.15, 0.2) is 10.7 Å². The number of carbonyl (C=O) groups is 1. The van der Waals surface area contributed by atoms with E-state index in [-0.39, 0.29) is 23.8 Å². The van der Waals surface area contributed by atoms with E-state index in [1.807, 2.05) is 6.92 Å². The van der Waals surface area contributed by atoms with E-state index in [1.165, 1.54) is 23.4 Å². The van der Waals surface area contributed by atoms with E-state index in [9.17, 15) is 13.2 Å². The van der Waals surface area contributed by atoms with Crippen LogP contribution in [-0.4, -0.2) is 50.6 Å². The molecular formula is C10H14N6O4S. The molecule has 0 saturated heterocycles. The number of rotatable bonds is 7. The first kappa shape index (κ1) is 15.1. The molecule has 11 heteroatoms. The maximum absolute atomic E-state index is 11.9. The lowest BCUT2D eigenvalue weighted by Gasteiger charge is -2.03. The van der Waals surface area contributed by atoms with Crippen LogP contribution in [0, 0.1) is 0 Å². The first-order valence-corrected chi connectivity index (χ1v) is 7.55. The van der Waals surface area contributed by atoms with E-state index in [4.69, 9.17) is 5.11 Å². The topological polar surface area (TPSA) is 132 Å². The molecule has 0 aliphatic heterocycles. The molecule has 0 bridgehead atoms. The van der Waals surface area contributed by atoms with Crippen molar-refractivity contribution in [3.63, 3.8) is 0 Å². The Morgan fingerprint density at radius 2 is 2.19 bits per heavy atom. The lowest BCUT2D eigenvalue weighted by molar-refractivity contribution is 0.0690. The summed E-state index contributed by atoms with van der Waals surface area (Å²) in [5.41, 5.74) is -0.195. The first-order chi connectivity index (χ1) is 9.92.